The molecule has 0 bridgehead atoms. The van der Waals surface area contributed by atoms with Crippen LogP contribution in [0.2, 0.25) is 0 Å². The number of aromatic nitrogens is 1. The Labute approximate surface area is 137 Å². The topological polar surface area (TPSA) is 63.2 Å². The lowest BCUT2D eigenvalue weighted by molar-refractivity contribution is -0.116. The van der Waals surface area contributed by atoms with E-state index in [1.165, 1.54) is 0 Å². The molecule has 1 amide bonds. The van der Waals surface area contributed by atoms with Gasteiger partial charge in [0.1, 0.15) is 11.6 Å². The van der Waals surface area contributed by atoms with Crippen molar-refractivity contribution in [2.24, 2.45) is 5.92 Å². The van der Waals surface area contributed by atoms with Crippen LogP contribution in [-0.2, 0) is 4.79 Å². The number of hydrogen-bond acceptors (Lipinski definition) is 4. The van der Waals surface area contributed by atoms with E-state index in [2.05, 4.69) is 15.6 Å². The first-order chi connectivity index (χ1) is 11.1. The molecule has 1 aromatic carbocycles. The lowest BCUT2D eigenvalue weighted by atomic mass is 10.1. The van der Waals surface area contributed by atoms with Gasteiger partial charge in [-0.25, -0.2) is 4.98 Å². The Morgan fingerprint density at radius 3 is 2.39 bits per heavy atom. The number of nitrogens with one attached hydrogen (secondary N) is 2. The fourth-order valence-corrected chi connectivity index (χ4v) is 2.07. The number of hydrogen-bond donors (Lipinski definition) is 2. The van der Waals surface area contributed by atoms with Crippen molar-refractivity contribution in [3.63, 3.8) is 0 Å². The van der Waals surface area contributed by atoms with Crippen molar-refractivity contribution in [1.29, 1.82) is 0 Å². The summed E-state index contributed by atoms with van der Waals surface area (Å²) in [7, 11) is 0. The lowest BCUT2D eigenvalue weighted by Crippen LogP contribution is -2.13. The molecule has 0 aliphatic carbocycles. The van der Waals surface area contributed by atoms with Gasteiger partial charge in [-0.2, -0.15) is 0 Å². The van der Waals surface area contributed by atoms with Crippen LogP contribution in [0, 0.1) is 5.92 Å². The molecule has 0 aliphatic heterocycles. The third-order valence-corrected chi connectivity index (χ3v) is 3.08. The van der Waals surface area contributed by atoms with Crippen molar-refractivity contribution in [2.75, 3.05) is 17.2 Å². The fourth-order valence-electron chi connectivity index (χ4n) is 2.07. The number of amides is 1. The van der Waals surface area contributed by atoms with Crippen molar-refractivity contribution in [3.8, 4) is 5.75 Å². The molecule has 5 heteroatoms. The highest BCUT2D eigenvalue weighted by Crippen LogP contribution is 2.20. The lowest BCUT2D eigenvalue weighted by Gasteiger charge is -2.09. The number of anilines is 3. The van der Waals surface area contributed by atoms with E-state index in [9.17, 15) is 4.79 Å². The second kappa shape index (κ2) is 8.17. The Kier molecular flexibility index (Phi) is 5.97. The second-order valence-corrected chi connectivity index (χ2v) is 5.66. The number of ether oxygens (including phenoxy) is 1. The van der Waals surface area contributed by atoms with Gasteiger partial charge < -0.3 is 15.4 Å². The van der Waals surface area contributed by atoms with Crippen LogP contribution in [0.5, 0.6) is 5.75 Å². The minimum absolute atomic E-state index is 0.00835. The number of carbonyl (C=O) groups is 1. The molecule has 0 aliphatic rings. The first kappa shape index (κ1) is 16.8. The molecule has 2 aromatic rings. The molecule has 5 nitrogen and oxygen atoms in total. The smallest absolute Gasteiger partial charge is 0.224 e. The van der Waals surface area contributed by atoms with Crippen LogP contribution in [-0.4, -0.2) is 17.5 Å². The van der Waals surface area contributed by atoms with Crippen LogP contribution in [0.4, 0.5) is 17.2 Å². The quantitative estimate of drug-likeness (QED) is 0.804. The Morgan fingerprint density at radius 1 is 1.13 bits per heavy atom. The molecule has 2 N–H and O–H groups in total. The largest absolute Gasteiger partial charge is 0.494 e. The molecule has 1 heterocycles. The van der Waals surface area contributed by atoms with E-state index in [0.717, 1.165) is 17.3 Å². The Hall–Kier alpha value is -2.56. The molecule has 1 aromatic heterocycles. The van der Waals surface area contributed by atoms with Crippen molar-refractivity contribution >= 4 is 23.1 Å². The van der Waals surface area contributed by atoms with Crippen molar-refractivity contribution in [3.05, 3.63) is 42.6 Å². The van der Waals surface area contributed by atoms with Crippen LogP contribution >= 0.6 is 0 Å². The first-order valence-corrected chi connectivity index (χ1v) is 7.82. The second-order valence-electron chi connectivity index (χ2n) is 5.66. The van der Waals surface area contributed by atoms with Crippen LogP contribution in [0.1, 0.15) is 27.2 Å². The van der Waals surface area contributed by atoms with Crippen LogP contribution < -0.4 is 15.4 Å². The minimum Gasteiger partial charge on any atom is -0.494 e. The summed E-state index contributed by atoms with van der Waals surface area (Å²) in [4.78, 5) is 16.0. The summed E-state index contributed by atoms with van der Waals surface area (Å²) in [6.07, 6.45) is 2.15. The third kappa shape index (κ3) is 5.62. The van der Waals surface area contributed by atoms with E-state index in [0.29, 0.717) is 24.6 Å². The average Bonchev–Trinajstić information content (AvgIpc) is 2.51. The molecule has 122 valence electrons. The molecule has 0 saturated heterocycles. The van der Waals surface area contributed by atoms with Gasteiger partial charge in [0, 0.05) is 12.1 Å². The minimum atomic E-state index is 0.00835. The zero-order chi connectivity index (χ0) is 16.7. The predicted molar refractivity (Wildman–Crippen MR) is 93.2 cm³/mol. The van der Waals surface area contributed by atoms with Crippen LogP contribution in [0.25, 0.3) is 0 Å². The Bertz CT molecular complexity index is 622. The van der Waals surface area contributed by atoms with Crippen molar-refractivity contribution in [1.82, 2.24) is 4.98 Å². The normalized spacial score (nSPS) is 10.4. The van der Waals surface area contributed by atoms with E-state index >= 15 is 0 Å². The molecular formula is C18H23N3O2. The molecule has 0 saturated carbocycles. The third-order valence-electron chi connectivity index (χ3n) is 3.08. The van der Waals surface area contributed by atoms with Gasteiger partial charge in [0.15, 0.2) is 0 Å². The van der Waals surface area contributed by atoms with Gasteiger partial charge in [-0.3, -0.25) is 4.79 Å². The van der Waals surface area contributed by atoms with E-state index in [1.54, 1.807) is 6.20 Å². The number of carbonyl (C=O) groups excluding carboxylic acids is 1. The van der Waals surface area contributed by atoms with Gasteiger partial charge in [0.05, 0.1) is 18.5 Å². The molecule has 2 rings (SSSR count). The molecule has 23 heavy (non-hydrogen) atoms. The van der Waals surface area contributed by atoms with E-state index < -0.39 is 0 Å². The summed E-state index contributed by atoms with van der Waals surface area (Å²) < 4.78 is 5.41. The summed E-state index contributed by atoms with van der Waals surface area (Å²) in [6.45, 7) is 6.64. The maximum Gasteiger partial charge on any atom is 0.224 e. The highest BCUT2D eigenvalue weighted by Gasteiger charge is 2.05. The summed E-state index contributed by atoms with van der Waals surface area (Å²) in [5.41, 5.74) is 1.63. The van der Waals surface area contributed by atoms with E-state index in [4.69, 9.17) is 4.74 Å². The number of nitrogens with zero attached hydrogens (tertiary/aromatic N) is 1. The first-order valence-electron chi connectivity index (χ1n) is 7.82. The number of pyridine rings is 1. The van der Waals surface area contributed by atoms with Gasteiger partial charge in [-0.15, -0.1) is 0 Å². The molecule has 0 radical (unpaired) electrons. The Morgan fingerprint density at radius 2 is 1.83 bits per heavy atom. The summed E-state index contributed by atoms with van der Waals surface area (Å²) in [6, 6.07) is 11.4. The number of benzene rings is 1. The fraction of sp³-hybridized carbons (Fsp3) is 0.333. The molecule has 0 atom stereocenters. The zero-order valence-electron chi connectivity index (χ0n) is 13.8. The maximum absolute atomic E-state index is 11.7. The van der Waals surface area contributed by atoms with Crippen molar-refractivity contribution in [2.45, 2.75) is 27.2 Å². The highest BCUT2D eigenvalue weighted by molar-refractivity contribution is 5.90. The van der Waals surface area contributed by atoms with Gasteiger partial charge >= 0.3 is 0 Å². The molecular weight excluding hydrogens is 290 g/mol. The highest BCUT2D eigenvalue weighted by atomic mass is 16.5. The van der Waals surface area contributed by atoms with E-state index in [1.807, 2.05) is 57.2 Å². The van der Waals surface area contributed by atoms with Crippen LogP contribution in [0.3, 0.4) is 0 Å². The average molecular weight is 313 g/mol. The molecule has 0 unspecified atom stereocenters. The maximum atomic E-state index is 11.7. The van der Waals surface area contributed by atoms with Gasteiger partial charge in [0.25, 0.3) is 0 Å². The van der Waals surface area contributed by atoms with Crippen LogP contribution in [0.15, 0.2) is 42.6 Å². The van der Waals surface area contributed by atoms with Gasteiger partial charge in [-0.05, 0) is 49.2 Å². The standard InChI is InChI=1S/C18H23N3O2/c1-4-23-16-8-5-14(6-9-16)20-17-10-7-15(12-19-17)21-18(22)11-13(2)3/h5-10,12-13H,4,11H2,1-3H3,(H,19,20)(H,21,22). The van der Waals surface area contributed by atoms with Gasteiger partial charge in [-0.1, -0.05) is 13.8 Å². The predicted octanol–water partition coefficient (Wildman–Crippen LogP) is 4.21. The molecule has 0 fully saturated rings. The van der Waals surface area contributed by atoms with Gasteiger partial charge in [0.2, 0.25) is 5.91 Å². The monoisotopic (exact) mass is 313 g/mol. The SMILES string of the molecule is CCOc1ccc(Nc2ccc(NC(=O)CC(C)C)cn2)cc1. The zero-order valence-corrected chi connectivity index (χ0v) is 13.8. The van der Waals surface area contributed by atoms with Crippen molar-refractivity contribution < 1.29 is 9.53 Å². The Balaban J connectivity index is 1.93. The summed E-state index contributed by atoms with van der Waals surface area (Å²) in [5, 5.41) is 6.05. The summed E-state index contributed by atoms with van der Waals surface area (Å²) in [5.74, 6) is 1.91. The molecule has 0 spiro atoms. The number of rotatable bonds is 7. The van der Waals surface area contributed by atoms with E-state index in [-0.39, 0.29) is 5.91 Å². The summed E-state index contributed by atoms with van der Waals surface area (Å²) >= 11 is 0.